The van der Waals surface area contributed by atoms with Crippen LogP contribution in [-0.4, -0.2) is 50.8 Å². The molecule has 0 saturated carbocycles. The standard InChI is InChI=1S/C17H18FN5O2/c18-12-4-1-3-11(7-12)9-22-10-14(20-21-22)17(25)23-6-2-5-13-15(23)8-19-16(13)24/h1,3-4,7,10,13,15H,2,5-6,8-9H2,(H,19,24)/t13-,15-/m1/s1. The Kier molecular flexibility index (Phi) is 3.95. The number of carbonyl (C=O) groups is 2. The number of carbonyl (C=O) groups excluding carboxylic acids is 2. The lowest BCUT2D eigenvalue weighted by Crippen LogP contribution is -2.48. The Labute approximate surface area is 143 Å². The Balaban J connectivity index is 1.49. The Morgan fingerprint density at radius 1 is 1.40 bits per heavy atom. The smallest absolute Gasteiger partial charge is 0.276 e. The molecule has 1 N–H and O–H groups in total. The van der Waals surface area contributed by atoms with Gasteiger partial charge in [0.2, 0.25) is 5.91 Å². The molecule has 7 nitrogen and oxygen atoms in total. The molecule has 8 heteroatoms. The minimum absolute atomic E-state index is 0.0252. The minimum atomic E-state index is -0.313. The van der Waals surface area contributed by atoms with Crippen molar-refractivity contribution >= 4 is 11.8 Å². The number of hydrogen-bond acceptors (Lipinski definition) is 4. The first-order valence-corrected chi connectivity index (χ1v) is 8.35. The molecule has 0 bridgehead atoms. The second kappa shape index (κ2) is 6.27. The highest BCUT2D eigenvalue weighted by molar-refractivity contribution is 5.93. The van der Waals surface area contributed by atoms with Gasteiger partial charge in [-0.15, -0.1) is 5.10 Å². The van der Waals surface area contributed by atoms with E-state index < -0.39 is 0 Å². The van der Waals surface area contributed by atoms with E-state index in [0.29, 0.717) is 19.6 Å². The molecule has 3 heterocycles. The van der Waals surface area contributed by atoms with Gasteiger partial charge in [-0.05, 0) is 30.5 Å². The van der Waals surface area contributed by atoms with Gasteiger partial charge in [0.1, 0.15) is 5.82 Å². The number of nitrogens with one attached hydrogen (secondary N) is 1. The van der Waals surface area contributed by atoms with Gasteiger partial charge in [0, 0.05) is 13.1 Å². The third kappa shape index (κ3) is 2.99. The van der Waals surface area contributed by atoms with Gasteiger partial charge in [-0.2, -0.15) is 0 Å². The Hall–Kier alpha value is -2.77. The highest BCUT2D eigenvalue weighted by Crippen LogP contribution is 2.28. The van der Waals surface area contributed by atoms with Crippen LogP contribution >= 0.6 is 0 Å². The lowest BCUT2D eigenvalue weighted by Gasteiger charge is -2.35. The molecule has 0 unspecified atom stereocenters. The molecule has 2 aromatic rings. The van der Waals surface area contributed by atoms with Crippen molar-refractivity contribution in [2.45, 2.75) is 25.4 Å². The van der Waals surface area contributed by atoms with Gasteiger partial charge in [-0.1, -0.05) is 17.3 Å². The zero-order chi connectivity index (χ0) is 17.4. The van der Waals surface area contributed by atoms with Crippen molar-refractivity contribution in [3.63, 3.8) is 0 Å². The molecule has 2 aliphatic rings. The monoisotopic (exact) mass is 343 g/mol. The molecule has 0 spiro atoms. The van der Waals surface area contributed by atoms with Crippen LogP contribution in [0.2, 0.25) is 0 Å². The second-order valence-electron chi connectivity index (χ2n) is 6.49. The van der Waals surface area contributed by atoms with Gasteiger partial charge in [0.05, 0.1) is 24.7 Å². The number of piperidine rings is 1. The summed E-state index contributed by atoms with van der Waals surface area (Å²) in [6.07, 6.45) is 3.19. The fourth-order valence-corrected chi connectivity index (χ4v) is 3.65. The van der Waals surface area contributed by atoms with Crippen LogP contribution in [0.1, 0.15) is 28.9 Å². The lowest BCUT2D eigenvalue weighted by molar-refractivity contribution is -0.123. The molecule has 0 radical (unpaired) electrons. The summed E-state index contributed by atoms with van der Waals surface area (Å²) in [5, 5.41) is 10.8. The fourth-order valence-electron chi connectivity index (χ4n) is 3.65. The van der Waals surface area contributed by atoms with Crippen LogP contribution in [0.25, 0.3) is 0 Å². The van der Waals surface area contributed by atoms with Crippen molar-refractivity contribution in [2.24, 2.45) is 5.92 Å². The highest BCUT2D eigenvalue weighted by Gasteiger charge is 2.43. The Morgan fingerprint density at radius 3 is 3.12 bits per heavy atom. The van der Waals surface area contributed by atoms with Gasteiger partial charge >= 0.3 is 0 Å². The van der Waals surface area contributed by atoms with Crippen LogP contribution in [0.5, 0.6) is 0 Å². The van der Waals surface area contributed by atoms with Crippen molar-refractivity contribution in [3.8, 4) is 0 Å². The van der Waals surface area contributed by atoms with Crippen molar-refractivity contribution in [3.05, 3.63) is 47.5 Å². The van der Waals surface area contributed by atoms with E-state index in [2.05, 4.69) is 15.6 Å². The predicted molar refractivity (Wildman–Crippen MR) is 86.1 cm³/mol. The summed E-state index contributed by atoms with van der Waals surface area (Å²) < 4.78 is 14.8. The summed E-state index contributed by atoms with van der Waals surface area (Å²) in [6.45, 7) is 1.45. The largest absolute Gasteiger partial charge is 0.354 e. The van der Waals surface area contributed by atoms with E-state index in [1.807, 2.05) is 0 Å². The molecule has 130 valence electrons. The molecule has 1 aromatic carbocycles. The van der Waals surface area contributed by atoms with Crippen LogP contribution in [-0.2, 0) is 11.3 Å². The molecule has 2 aliphatic heterocycles. The van der Waals surface area contributed by atoms with E-state index in [-0.39, 0.29) is 35.3 Å². The summed E-state index contributed by atoms with van der Waals surface area (Å²) in [5.74, 6) is -0.624. The van der Waals surface area contributed by atoms with Crippen LogP contribution in [0.3, 0.4) is 0 Å². The van der Waals surface area contributed by atoms with Crippen molar-refractivity contribution < 1.29 is 14.0 Å². The van der Waals surface area contributed by atoms with E-state index in [1.165, 1.54) is 16.8 Å². The van der Waals surface area contributed by atoms with Gasteiger partial charge < -0.3 is 10.2 Å². The zero-order valence-corrected chi connectivity index (χ0v) is 13.6. The number of rotatable bonds is 3. The predicted octanol–water partition coefficient (Wildman–Crippen LogP) is 0.816. The van der Waals surface area contributed by atoms with Gasteiger partial charge in [-0.25, -0.2) is 9.07 Å². The average molecular weight is 343 g/mol. The average Bonchev–Trinajstić information content (AvgIpc) is 3.21. The zero-order valence-electron chi connectivity index (χ0n) is 13.6. The van der Waals surface area contributed by atoms with E-state index in [4.69, 9.17) is 0 Å². The van der Waals surface area contributed by atoms with Crippen LogP contribution < -0.4 is 5.32 Å². The number of fused-ring (bicyclic) bond motifs is 1. The summed E-state index contributed by atoms with van der Waals surface area (Å²) in [5.41, 5.74) is 0.990. The van der Waals surface area contributed by atoms with Crippen LogP contribution in [0.15, 0.2) is 30.5 Å². The number of amides is 2. The number of aromatic nitrogens is 3. The maximum absolute atomic E-state index is 13.3. The number of halogens is 1. The number of nitrogens with zero attached hydrogens (tertiary/aromatic N) is 4. The first-order chi connectivity index (χ1) is 12.1. The van der Waals surface area contributed by atoms with Crippen molar-refractivity contribution in [2.75, 3.05) is 13.1 Å². The summed E-state index contributed by atoms with van der Waals surface area (Å²) in [6, 6.07) is 6.11. The minimum Gasteiger partial charge on any atom is -0.354 e. The maximum Gasteiger partial charge on any atom is 0.276 e. The van der Waals surface area contributed by atoms with E-state index in [0.717, 1.165) is 18.4 Å². The van der Waals surface area contributed by atoms with E-state index in [1.54, 1.807) is 23.2 Å². The van der Waals surface area contributed by atoms with Gasteiger partial charge in [0.15, 0.2) is 5.69 Å². The molecule has 2 atom stereocenters. The quantitative estimate of drug-likeness (QED) is 0.895. The number of benzene rings is 1. The molecule has 0 aliphatic carbocycles. The Morgan fingerprint density at radius 2 is 2.28 bits per heavy atom. The third-order valence-electron chi connectivity index (χ3n) is 4.85. The molecule has 2 saturated heterocycles. The van der Waals surface area contributed by atoms with Crippen LogP contribution in [0.4, 0.5) is 4.39 Å². The maximum atomic E-state index is 13.3. The van der Waals surface area contributed by atoms with Gasteiger partial charge in [0.25, 0.3) is 5.91 Å². The second-order valence-corrected chi connectivity index (χ2v) is 6.49. The number of likely N-dealkylation sites (tertiary alicyclic amines) is 1. The molecule has 25 heavy (non-hydrogen) atoms. The van der Waals surface area contributed by atoms with E-state index in [9.17, 15) is 14.0 Å². The third-order valence-corrected chi connectivity index (χ3v) is 4.85. The normalized spacial score (nSPS) is 22.6. The summed E-state index contributed by atoms with van der Waals surface area (Å²) in [4.78, 5) is 26.3. The Bertz CT molecular complexity index is 821. The molecular formula is C17H18FN5O2. The molecule has 1 aromatic heterocycles. The van der Waals surface area contributed by atoms with Crippen molar-refractivity contribution in [1.82, 2.24) is 25.2 Å². The van der Waals surface area contributed by atoms with Crippen LogP contribution in [0, 0.1) is 11.7 Å². The molecule has 2 amide bonds. The first-order valence-electron chi connectivity index (χ1n) is 8.35. The first kappa shape index (κ1) is 15.7. The van der Waals surface area contributed by atoms with Crippen molar-refractivity contribution in [1.29, 1.82) is 0 Å². The summed E-state index contributed by atoms with van der Waals surface area (Å²) in [7, 11) is 0. The molecule has 2 fully saturated rings. The lowest BCUT2D eigenvalue weighted by atomic mass is 9.91. The molecular weight excluding hydrogens is 325 g/mol. The highest BCUT2D eigenvalue weighted by atomic mass is 19.1. The molecule has 4 rings (SSSR count). The topological polar surface area (TPSA) is 80.1 Å². The summed E-state index contributed by atoms with van der Waals surface area (Å²) >= 11 is 0. The van der Waals surface area contributed by atoms with E-state index >= 15 is 0 Å². The SMILES string of the molecule is O=C1NC[C@@H]2[C@H]1CCCN2C(=O)c1cn(Cc2cccc(F)c2)nn1. The number of hydrogen-bond donors (Lipinski definition) is 1. The van der Waals surface area contributed by atoms with Gasteiger partial charge in [-0.3, -0.25) is 9.59 Å². The fraction of sp³-hybridized carbons (Fsp3) is 0.412.